The van der Waals surface area contributed by atoms with Gasteiger partial charge in [-0.15, -0.1) is 0 Å². The minimum Gasteiger partial charge on any atom is -0.481 e. The van der Waals surface area contributed by atoms with Crippen molar-refractivity contribution in [1.82, 2.24) is 9.80 Å². The number of carbonyl (C=O) groups excluding carboxylic acids is 1. The summed E-state index contributed by atoms with van der Waals surface area (Å²) in [5.74, 6) is -0.863. The topological polar surface area (TPSA) is 60.9 Å². The number of rotatable bonds is 4. The van der Waals surface area contributed by atoms with Crippen molar-refractivity contribution >= 4 is 12.0 Å². The van der Waals surface area contributed by atoms with E-state index in [1.807, 2.05) is 18.7 Å². The zero-order chi connectivity index (χ0) is 14.6. The Hall–Kier alpha value is -1.26. The van der Waals surface area contributed by atoms with Crippen molar-refractivity contribution in [1.29, 1.82) is 0 Å². The molecule has 0 bridgehead atoms. The number of hydrogen-bond donors (Lipinski definition) is 1. The second kappa shape index (κ2) is 6.78. The maximum atomic E-state index is 12.6. The van der Waals surface area contributed by atoms with E-state index in [0.717, 1.165) is 19.3 Å². The molecule has 1 fully saturated rings. The summed E-state index contributed by atoms with van der Waals surface area (Å²) in [5.41, 5.74) is 0. The van der Waals surface area contributed by atoms with E-state index in [1.54, 1.807) is 4.90 Å². The van der Waals surface area contributed by atoms with Crippen LogP contribution in [0.2, 0.25) is 0 Å². The number of aliphatic carboxylic acids is 1. The van der Waals surface area contributed by atoms with Gasteiger partial charge in [0.2, 0.25) is 0 Å². The summed E-state index contributed by atoms with van der Waals surface area (Å²) in [5, 5.41) is 8.79. The highest BCUT2D eigenvalue weighted by molar-refractivity contribution is 5.76. The van der Waals surface area contributed by atoms with Gasteiger partial charge in [-0.2, -0.15) is 0 Å². The molecular weight excluding hydrogens is 244 g/mol. The Bertz CT molecular complexity index is 321. The lowest BCUT2D eigenvalue weighted by Gasteiger charge is -2.42. The average Bonchev–Trinajstić information content (AvgIpc) is 2.27. The molecule has 1 aliphatic heterocycles. The predicted octanol–water partition coefficient (Wildman–Crippen LogP) is 2.55. The largest absolute Gasteiger partial charge is 0.481 e. The molecule has 0 aliphatic carbocycles. The quantitative estimate of drug-likeness (QED) is 0.854. The molecular formula is C14H26N2O3. The van der Waals surface area contributed by atoms with Crippen LogP contribution in [0.5, 0.6) is 0 Å². The van der Waals surface area contributed by atoms with E-state index in [4.69, 9.17) is 5.11 Å². The van der Waals surface area contributed by atoms with Gasteiger partial charge in [-0.25, -0.2) is 4.79 Å². The third-order valence-electron chi connectivity index (χ3n) is 3.85. The van der Waals surface area contributed by atoms with Gasteiger partial charge in [0.15, 0.2) is 0 Å². The Balaban J connectivity index is 2.76. The predicted molar refractivity (Wildman–Crippen MR) is 74.1 cm³/mol. The molecule has 2 atom stereocenters. The van der Waals surface area contributed by atoms with Gasteiger partial charge in [0.05, 0.1) is 6.42 Å². The van der Waals surface area contributed by atoms with Crippen LogP contribution >= 0.6 is 0 Å². The number of likely N-dealkylation sites (tertiary alicyclic amines) is 1. The normalized spacial score (nSPS) is 23.5. The monoisotopic (exact) mass is 270 g/mol. The third kappa shape index (κ3) is 4.11. The molecule has 1 aliphatic rings. The fourth-order valence-electron chi connectivity index (χ4n) is 2.74. The number of carboxylic acid groups (broad SMARTS) is 1. The van der Waals surface area contributed by atoms with Crippen LogP contribution in [0.4, 0.5) is 4.79 Å². The number of piperidine rings is 1. The van der Waals surface area contributed by atoms with Crippen molar-refractivity contribution in [2.75, 3.05) is 6.54 Å². The van der Waals surface area contributed by atoms with E-state index in [9.17, 15) is 9.59 Å². The summed E-state index contributed by atoms with van der Waals surface area (Å²) in [6, 6.07) is 0.480. The fraction of sp³-hybridized carbons (Fsp3) is 0.857. The van der Waals surface area contributed by atoms with Crippen LogP contribution in [0.3, 0.4) is 0 Å². The van der Waals surface area contributed by atoms with Crippen LogP contribution in [-0.4, -0.2) is 51.6 Å². The molecule has 1 rings (SSSR count). The van der Waals surface area contributed by atoms with E-state index in [-0.39, 0.29) is 37.1 Å². The average molecular weight is 270 g/mol. The van der Waals surface area contributed by atoms with Gasteiger partial charge in [0.1, 0.15) is 0 Å². The van der Waals surface area contributed by atoms with Crippen LogP contribution in [-0.2, 0) is 4.79 Å². The van der Waals surface area contributed by atoms with Gasteiger partial charge in [0.25, 0.3) is 0 Å². The highest BCUT2D eigenvalue weighted by Gasteiger charge is 2.32. The number of urea groups is 1. The van der Waals surface area contributed by atoms with Crippen molar-refractivity contribution < 1.29 is 14.7 Å². The van der Waals surface area contributed by atoms with Crippen LogP contribution in [0, 0.1) is 0 Å². The van der Waals surface area contributed by atoms with E-state index in [0.29, 0.717) is 0 Å². The van der Waals surface area contributed by atoms with Gasteiger partial charge in [0, 0.05) is 24.7 Å². The van der Waals surface area contributed by atoms with E-state index in [1.165, 1.54) is 0 Å². The van der Waals surface area contributed by atoms with Crippen molar-refractivity contribution in [3.8, 4) is 0 Å². The first kappa shape index (κ1) is 15.8. The van der Waals surface area contributed by atoms with Crippen molar-refractivity contribution in [3.05, 3.63) is 0 Å². The van der Waals surface area contributed by atoms with Crippen LogP contribution in [0.25, 0.3) is 0 Å². The van der Waals surface area contributed by atoms with Crippen molar-refractivity contribution in [3.63, 3.8) is 0 Å². The summed E-state index contributed by atoms with van der Waals surface area (Å²) in [6.45, 7) is 8.28. The van der Waals surface area contributed by atoms with Crippen LogP contribution < -0.4 is 0 Å². The number of hydrogen-bond acceptors (Lipinski definition) is 2. The zero-order valence-electron chi connectivity index (χ0n) is 12.4. The molecule has 1 heterocycles. The zero-order valence-corrected chi connectivity index (χ0v) is 12.4. The fourth-order valence-corrected chi connectivity index (χ4v) is 2.74. The molecule has 0 aromatic rings. The number of amides is 2. The van der Waals surface area contributed by atoms with E-state index in [2.05, 4.69) is 13.8 Å². The number of carbonyl (C=O) groups is 2. The standard InChI is InChI=1S/C14H26N2O3/c1-10(2)15(9-8-13(17)18)14(19)16-11(3)6-5-7-12(16)4/h10-12H,5-9H2,1-4H3,(H,17,18). The molecule has 19 heavy (non-hydrogen) atoms. The molecule has 5 heteroatoms. The Morgan fingerprint density at radius 1 is 1.26 bits per heavy atom. The van der Waals surface area contributed by atoms with Gasteiger partial charge >= 0.3 is 12.0 Å². The minimum absolute atomic E-state index is 0.000518. The Morgan fingerprint density at radius 3 is 2.21 bits per heavy atom. The summed E-state index contributed by atoms with van der Waals surface area (Å²) in [6.07, 6.45) is 3.21. The van der Waals surface area contributed by atoms with Crippen molar-refractivity contribution in [2.45, 2.75) is 71.5 Å². The first-order valence-electron chi connectivity index (χ1n) is 7.15. The molecule has 0 radical (unpaired) electrons. The molecule has 0 aromatic heterocycles. The summed E-state index contributed by atoms with van der Waals surface area (Å²) < 4.78 is 0. The van der Waals surface area contributed by atoms with Gasteiger partial charge in [-0.1, -0.05) is 0 Å². The third-order valence-corrected chi connectivity index (χ3v) is 3.85. The number of nitrogens with zero attached hydrogens (tertiary/aromatic N) is 2. The van der Waals surface area contributed by atoms with Crippen LogP contribution in [0.15, 0.2) is 0 Å². The highest BCUT2D eigenvalue weighted by Crippen LogP contribution is 2.24. The van der Waals surface area contributed by atoms with E-state index >= 15 is 0 Å². The summed E-state index contributed by atoms with van der Waals surface area (Å²) in [4.78, 5) is 26.9. The minimum atomic E-state index is -0.863. The van der Waals surface area contributed by atoms with Crippen molar-refractivity contribution in [2.24, 2.45) is 0 Å². The Kier molecular flexibility index (Phi) is 5.63. The lowest BCUT2D eigenvalue weighted by Crippen LogP contribution is -2.55. The maximum Gasteiger partial charge on any atom is 0.320 e. The molecule has 110 valence electrons. The van der Waals surface area contributed by atoms with Gasteiger partial charge in [-0.05, 0) is 47.0 Å². The van der Waals surface area contributed by atoms with E-state index < -0.39 is 5.97 Å². The molecule has 0 spiro atoms. The summed E-state index contributed by atoms with van der Waals surface area (Å²) >= 11 is 0. The SMILES string of the molecule is CC(C)N(CCC(=O)O)C(=O)N1C(C)CCCC1C. The molecule has 5 nitrogen and oxygen atoms in total. The lowest BCUT2D eigenvalue weighted by molar-refractivity contribution is -0.137. The maximum absolute atomic E-state index is 12.6. The highest BCUT2D eigenvalue weighted by atomic mass is 16.4. The second-order valence-electron chi connectivity index (χ2n) is 5.75. The van der Waals surface area contributed by atoms with Gasteiger partial charge in [-0.3, -0.25) is 4.79 Å². The smallest absolute Gasteiger partial charge is 0.320 e. The van der Waals surface area contributed by atoms with Gasteiger partial charge < -0.3 is 14.9 Å². The molecule has 2 amide bonds. The first-order chi connectivity index (χ1) is 8.84. The Morgan fingerprint density at radius 2 is 1.79 bits per heavy atom. The molecule has 1 N–H and O–H groups in total. The lowest BCUT2D eigenvalue weighted by atomic mass is 9.98. The Labute approximate surface area is 115 Å². The first-order valence-corrected chi connectivity index (χ1v) is 7.15. The molecule has 0 saturated carbocycles. The number of carboxylic acids is 1. The molecule has 2 unspecified atom stereocenters. The molecule has 1 saturated heterocycles. The summed E-state index contributed by atoms with van der Waals surface area (Å²) in [7, 11) is 0. The molecule has 0 aromatic carbocycles. The van der Waals surface area contributed by atoms with Crippen LogP contribution in [0.1, 0.15) is 53.4 Å². The second-order valence-corrected chi connectivity index (χ2v) is 5.75.